The first kappa shape index (κ1) is 18.3. The lowest BCUT2D eigenvalue weighted by atomic mass is 10.2. The average molecular weight is 375 g/mol. The van der Waals surface area contributed by atoms with E-state index >= 15 is 0 Å². The normalized spacial score (nSPS) is 14.7. The van der Waals surface area contributed by atoms with Gasteiger partial charge in [0, 0.05) is 43.1 Å². The van der Waals surface area contributed by atoms with Crippen molar-refractivity contribution in [1.82, 2.24) is 9.88 Å². The number of urea groups is 1. The first-order valence-electron chi connectivity index (χ1n) is 8.63. The van der Waals surface area contributed by atoms with Crippen LogP contribution in [0.1, 0.15) is 12.0 Å². The van der Waals surface area contributed by atoms with E-state index in [0.29, 0.717) is 23.8 Å². The molecule has 138 valence electrons. The zero-order chi connectivity index (χ0) is 18.5. The van der Waals surface area contributed by atoms with E-state index < -0.39 is 0 Å². The number of aromatic nitrogens is 1. The molecule has 0 radical (unpaired) electrons. The van der Waals surface area contributed by atoms with E-state index in [9.17, 15) is 4.79 Å². The molecule has 3 rings (SSSR count). The molecule has 0 atom stereocenters. The second-order valence-corrected chi connectivity index (χ2v) is 6.68. The van der Waals surface area contributed by atoms with E-state index in [1.54, 1.807) is 25.6 Å². The van der Waals surface area contributed by atoms with Crippen LogP contribution in [-0.4, -0.2) is 49.2 Å². The summed E-state index contributed by atoms with van der Waals surface area (Å²) in [5.41, 5.74) is 2.71. The quantitative estimate of drug-likeness (QED) is 0.887. The number of benzene rings is 1. The molecule has 0 spiro atoms. The molecule has 0 aliphatic carbocycles. The summed E-state index contributed by atoms with van der Waals surface area (Å²) in [6.07, 6.45) is 4.35. The van der Waals surface area contributed by atoms with Crippen molar-refractivity contribution in [2.24, 2.45) is 0 Å². The number of rotatable bonds is 3. The summed E-state index contributed by atoms with van der Waals surface area (Å²) in [5.74, 6) is 0.750. The van der Waals surface area contributed by atoms with Crippen LogP contribution >= 0.6 is 11.6 Å². The maximum Gasteiger partial charge on any atom is 0.321 e. The minimum absolute atomic E-state index is 0.103. The first-order valence-corrected chi connectivity index (χ1v) is 9.01. The molecule has 2 amide bonds. The highest BCUT2D eigenvalue weighted by Gasteiger charge is 2.21. The van der Waals surface area contributed by atoms with Gasteiger partial charge < -0.3 is 19.9 Å². The van der Waals surface area contributed by atoms with Gasteiger partial charge in [-0.2, -0.15) is 0 Å². The Morgan fingerprint density at radius 2 is 2.08 bits per heavy atom. The first-order chi connectivity index (χ1) is 12.6. The summed E-state index contributed by atoms with van der Waals surface area (Å²) in [7, 11) is 1.64. The maximum absolute atomic E-state index is 12.6. The van der Waals surface area contributed by atoms with Crippen LogP contribution in [0, 0.1) is 6.92 Å². The standard InChI is InChI=1S/C19H23ClN4O2/c1-14-4-5-15(12-16(14)20)22-19(25)24-9-3-8-23(10-11-24)17-6-7-21-13-18(17)26-2/h4-7,12-13H,3,8-11H2,1-2H3,(H,22,25). The van der Waals surface area contributed by atoms with Gasteiger partial charge in [0.05, 0.1) is 19.0 Å². The number of halogens is 1. The predicted molar refractivity (Wildman–Crippen MR) is 104 cm³/mol. The molecule has 1 aliphatic heterocycles. The number of carbonyl (C=O) groups is 1. The minimum atomic E-state index is -0.103. The second kappa shape index (κ2) is 8.27. The fraction of sp³-hybridized carbons (Fsp3) is 0.368. The lowest BCUT2D eigenvalue weighted by Gasteiger charge is -2.25. The number of pyridine rings is 1. The van der Waals surface area contributed by atoms with E-state index in [1.807, 2.05) is 30.0 Å². The third-order valence-electron chi connectivity index (χ3n) is 4.53. The summed E-state index contributed by atoms with van der Waals surface area (Å²) in [6, 6.07) is 7.39. The molecule has 0 bridgehead atoms. The van der Waals surface area contributed by atoms with Gasteiger partial charge in [0.15, 0.2) is 5.75 Å². The number of carbonyl (C=O) groups excluding carboxylic acids is 1. The largest absolute Gasteiger partial charge is 0.493 e. The highest BCUT2D eigenvalue weighted by atomic mass is 35.5. The van der Waals surface area contributed by atoms with E-state index in [4.69, 9.17) is 16.3 Å². The molecule has 0 saturated carbocycles. The number of hydrogen-bond acceptors (Lipinski definition) is 4. The van der Waals surface area contributed by atoms with Gasteiger partial charge in [0.2, 0.25) is 0 Å². The van der Waals surface area contributed by atoms with Gasteiger partial charge in [-0.3, -0.25) is 4.98 Å². The molecule has 1 aromatic carbocycles. The number of hydrogen-bond donors (Lipinski definition) is 1. The van der Waals surface area contributed by atoms with Crippen LogP contribution in [0.2, 0.25) is 5.02 Å². The Labute approximate surface area is 158 Å². The molecule has 26 heavy (non-hydrogen) atoms. The van der Waals surface area contributed by atoms with Gasteiger partial charge in [-0.1, -0.05) is 17.7 Å². The Morgan fingerprint density at radius 1 is 1.23 bits per heavy atom. The van der Waals surface area contributed by atoms with Gasteiger partial charge in [0.1, 0.15) is 0 Å². The Kier molecular flexibility index (Phi) is 5.83. The summed E-state index contributed by atoms with van der Waals surface area (Å²) in [5, 5.41) is 3.58. The third-order valence-corrected chi connectivity index (χ3v) is 4.94. The summed E-state index contributed by atoms with van der Waals surface area (Å²) in [4.78, 5) is 20.8. The van der Waals surface area contributed by atoms with Gasteiger partial charge in [0.25, 0.3) is 0 Å². The van der Waals surface area contributed by atoms with E-state index in [2.05, 4.69) is 15.2 Å². The van der Waals surface area contributed by atoms with Gasteiger partial charge >= 0.3 is 6.03 Å². The molecule has 2 heterocycles. The Morgan fingerprint density at radius 3 is 2.85 bits per heavy atom. The van der Waals surface area contributed by atoms with Crippen molar-refractivity contribution < 1.29 is 9.53 Å². The Balaban J connectivity index is 1.64. The van der Waals surface area contributed by atoms with Crippen molar-refractivity contribution in [3.05, 3.63) is 47.2 Å². The molecule has 6 nitrogen and oxygen atoms in total. The van der Waals surface area contributed by atoms with Crippen molar-refractivity contribution in [2.45, 2.75) is 13.3 Å². The van der Waals surface area contributed by atoms with E-state index in [-0.39, 0.29) is 6.03 Å². The second-order valence-electron chi connectivity index (χ2n) is 6.27. The molecule has 1 saturated heterocycles. The van der Waals surface area contributed by atoms with Gasteiger partial charge in [-0.25, -0.2) is 4.79 Å². The zero-order valence-electron chi connectivity index (χ0n) is 15.0. The van der Waals surface area contributed by atoms with Gasteiger partial charge in [-0.05, 0) is 37.1 Å². The number of aryl methyl sites for hydroxylation is 1. The third kappa shape index (κ3) is 4.19. The fourth-order valence-corrected chi connectivity index (χ4v) is 3.21. The van der Waals surface area contributed by atoms with Crippen LogP contribution in [0.15, 0.2) is 36.7 Å². The van der Waals surface area contributed by atoms with E-state index in [0.717, 1.165) is 36.5 Å². The number of methoxy groups -OCH3 is 1. The highest BCUT2D eigenvalue weighted by molar-refractivity contribution is 6.31. The Bertz CT molecular complexity index is 784. The average Bonchev–Trinajstić information content (AvgIpc) is 2.91. The molecule has 0 unspecified atom stereocenters. The highest BCUT2D eigenvalue weighted by Crippen LogP contribution is 2.27. The topological polar surface area (TPSA) is 57.7 Å². The molecular weight excluding hydrogens is 352 g/mol. The molecule has 1 aliphatic rings. The van der Waals surface area contributed by atoms with Crippen LogP contribution < -0.4 is 15.0 Å². The molecule has 1 aromatic heterocycles. The van der Waals surface area contributed by atoms with Crippen LogP contribution in [0.5, 0.6) is 5.75 Å². The number of amides is 2. The Hall–Kier alpha value is -2.47. The van der Waals surface area contributed by atoms with Crippen LogP contribution in [0.3, 0.4) is 0 Å². The van der Waals surface area contributed by atoms with Crippen molar-refractivity contribution >= 4 is 29.0 Å². The van der Waals surface area contributed by atoms with Crippen molar-refractivity contribution in [2.75, 3.05) is 43.5 Å². The fourth-order valence-electron chi connectivity index (χ4n) is 3.03. The number of ether oxygens (including phenoxy) is 1. The minimum Gasteiger partial charge on any atom is -0.493 e. The molecule has 1 fully saturated rings. The van der Waals surface area contributed by atoms with Crippen molar-refractivity contribution in [3.63, 3.8) is 0 Å². The lowest BCUT2D eigenvalue weighted by molar-refractivity contribution is 0.215. The SMILES string of the molecule is COc1cnccc1N1CCCN(C(=O)Nc2ccc(C)c(Cl)c2)CC1. The number of anilines is 2. The number of nitrogens with one attached hydrogen (secondary N) is 1. The molecule has 2 aromatic rings. The maximum atomic E-state index is 12.6. The monoisotopic (exact) mass is 374 g/mol. The van der Waals surface area contributed by atoms with Crippen molar-refractivity contribution in [3.8, 4) is 5.75 Å². The van der Waals surface area contributed by atoms with E-state index in [1.165, 1.54) is 0 Å². The van der Waals surface area contributed by atoms with Crippen LogP contribution in [0.4, 0.5) is 16.2 Å². The lowest BCUT2D eigenvalue weighted by Crippen LogP contribution is -2.38. The number of nitrogens with zero attached hydrogens (tertiary/aromatic N) is 3. The summed E-state index contributed by atoms with van der Waals surface area (Å²) < 4.78 is 5.40. The van der Waals surface area contributed by atoms with Crippen LogP contribution in [0.25, 0.3) is 0 Å². The predicted octanol–water partition coefficient (Wildman–Crippen LogP) is 3.80. The molecule has 7 heteroatoms. The van der Waals surface area contributed by atoms with Crippen LogP contribution in [-0.2, 0) is 0 Å². The molecular formula is C19H23ClN4O2. The summed E-state index contributed by atoms with van der Waals surface area (Å²) >= 11 is 6.14. The zero-order valence-corrected chi connectivity index (χ0v) is 15.8. The smallest absolute Gasteiger partial charge is 0.321 e. The van der Waals surface area contributed by atoms with Crippen molar-refractivity contribution in [1.29, 1.82) is 0 Å². The van der Waals surface area contributed by atoms with Gasteiger partial charge in [-0.15, -0.1) is 0 Å². The molecule has 1 N–H and O–H groups in total. The summed E-state index contributed by atoms with van der Waals surface area (Å²) in [6.45, 7) is 4.87.